The number of nitrogens with one attached hydrogen (secondary N) is 2. The summed E-state index contributed by atoms with van der Waals surface area (Å²) in [5.74, 6) is -0.522. The lowest BCUT2D eigenvalue weighted by atomic mass is 10.1. The fourth-order valence-electron chi connectivity index (χ4n) is 3.54. The molecule has 0 spiro atoms. The third-order valence-electron chi connectivity index (χ3n) is 5.13. The first-order valence-electron chi connectivity index (χ1n) is 10.2. The van der Waals surface area contributed by atoms with Gasteiger partial charge in [-0.15, -0.1) is 0 Å². The molecule has 2 N–H and O–H groups in total. The molecule has 0 fully saturated rings. The van der Waals surface area contributed by atoms with E-state index in [9.17, 15) is 9.18 Å². The summed E-state index contributed by atoms with van der Waals surface area (Å²) in [6, 6.07) is 11.9. The van der Waals surface area contributed by atoms with E-state index in [1.54, 1.807) is 18.2 Å². The van der Waals surface area contributed by atoms with Crippen LogP contribution in [0.25, 0.3) is 0 Å². The van der Waals surface area contributed by atoms with Gasteiger partial charge in [0.15, 0.2) is 0 Å². The second-order valence-corrected chi connectivity index (χ2v) is 7.69. The number of guanidine groups is 1. The lowest BCUT2D eigenvalue weighted by Crippen LogP contribution is -2.36. The van der Waals surface area contributed by atoms with Gasteiger partial charge >= 0.3 is 0 Å². The van der Waals surface area contributed by atoms with E-state index in [1.165, 1.54) is 6.07 Å². The Labute approximate surface area is 182 Å². The maximum atomic E-state index is 14.2. The number of aryl methyl sites for hydroxylation is 4. The van der Waals surface area contributed by atoms with Crippen LogP contribution in [-0.4, -0.2) is 28.2 Å². The number of rotatable bonds is 5. The molecule has 3 aromatic rings. The van der Waals surface area contributed by atoms with Crippen molar-refractivity contribution in [2.24, 2.45) is 12.0 Å². The van der Waals surface area contributed by atoms with Gasteiger partial charge in [0.25, 0.3) is 5.91 Å². The molecule has 7 heteroatoms. The van der Waals surface area contributed by atoms with E-state index in [1.807, 2.05) is 57.6 Å². The van der Waals surface area contributed by atoms with Gasteiger partial charge in [0, 0.05) is 24.8 Å². The lowest BCUT2D eigenvalue weighted by molar-refractivity contribution is 0.0976. The summed E-state index contributed by atoms with van der Waals surface area (Å²) in [6.45, 7) is 8.27. The zero-order valence-corrected chi connectivity index (χ0v) is 18.6. The van der Waals surface area contributed by atoms with Crippen LogP contribution in [0.2, 0.25) is 0 Å². The van der Waals surface area contributed by atoms with Gasteiger partial charge in [-0.1, -0.05) is 29.3 Å². The van der Waals surface area contributed by atoms with E-state index in [0.717, 1.165) is 28.1 Å². The molecule has 0 aliphatic heterocycles. The number of hydrogen-bond acceptors (Lipinski definition) is 3. The van der Waals surface area contributed by atoms with Crippen molar-refractivity contribution < 1.29 is 9.18 Å². The molecule has 0 atom stereocenters. The third-order valence-corrected chi connectivity index (χ3v) is 5.13. The zero-order valence-electron chi connectivity index (χ0n) is 18.6. The Balaban J connectivity index is 1.82. The number of halogens is 1. The minimum absolute atomic E-state index is 0.202. The van der Waals surface area contributed by atoms with Crippen LogP contribution in [0.5, 0.6) is 0 Å². The molecule has 1 aromatic heterocycles. The molecular weight excluding hydrogens is 393 g/mol. The summed E-state index contributed by atoms with van der Waals surface area (Å²) in [4.78, 5) is 17.4. The quantitative estimate of drug-likeness (QED) is 0.478. The van der Waals surface area contributed by atoms with Crippen molar-refractivity contribution in [1.82, 2.24) is 15.1 Å². The Morgan fingerprint density at radius 3 is 2.39 bits per heavy atom. The normalized spacial score (nSPS) is 11.5. The minimum Gasteiger partial charge on any atom is -0.323 e. The summed E-state index contributed by atoms with van der Waals surface area (Å²) < 4.78 is 16.0. The van der Waals surface area contributed by atoms with E-state index in [-0.39, 0.29) is 17.6 Å². The Morgan fingerprint density at radius 1 is 1.10 bits per heavy atom. The van der Waals surface area contributed by atoms with Crippen molar-refractivity contribution in [3.8, 4) is 0 Å². The van der Waals surface area contributed by atoms with Crippen molar-refractivity contribution in [2.75, 3.05) is 11.9 Å². The first kappa shape index (κ1) is 22.2. The molecule has 3 rings (SSSR count). The van der Waals surface area contributed by atoms with E-state index < -0.39 is 5.82 Å². The third kappa shape index (κ3) is 5.57. The number of carbonyl (C=O) groups is 1. The molecule has 0 aliphatic rings. The number of para-hydroxylation sites is 1. The first-order valence-corrected chi connectivity index (χ1v) is 10.2. The fourth-order valence-corrected chi connectivity index (χ4v) is 3.54. The number of aliphatic imine (C=N–C) groups is 1. The average Bonchev–Trinajstić information content (AvgIpc) is 2.94. The predicted molar refractivity (Wildman–Crippen MR) is 122 cm³/mol. The highest BCUT2D eigenvalue weighted by atomic mass is 19.1. The Bertz CT molecular complexity index is 1110. The van der Waals surface area contributed by atoms with Crippen LogP contribution in [-0.2, 0) is 13.5 Å². The van der Waals surface area contributed by atoms with E-state index in [4.69, 9.17) is 0 Å². The van der Waals surface area contributed by atoms with E-state index in [0.29, 0.717) is 18.5 Å². The standard InChI is InChI=1S/C24H28FN5O/c1-15-12-16(2)14-19(13-15)23(31)28-24(27-22-9-7-6-8-21(22)25)26-11-10-20-17(3)29-30(5)18(20)4/h6-9,12-14H,10-11H2,1-5H3,(H2,26,27,28,31). The average molecular weight is 422 g/mol. The number of aromatic nitrogens is 2. The largest absolute Gasteiger partial charge is 0.323 e. The molecule has 1 amide bonds. The number of nitrogens with zero attached hydrogens (tertiary/aromatic N) is 3. The Hall–Kier alpha value is -3.48. The number of anilines is 1. The van der Waals surface area contributed by atoms with Gasteiger partial charge in [-0.2, -0.15) is 5.10 Å². The maximum Gasteiger partial charge on any atom is 0.257 e. The van der Waals surface area contributed by atoms with E-state index >= 15 is 0 Å². The second-order valence-electron chi connectivity index (χ2n) is 7.69. The fraction of sp³-hybridized carbons (Fsp3) is 0.292. The summed E-state index contributed by atoms with van der Waals surface area (Å²) >= 11 is 0. The molecule has 0 unspecified atom stereocenters. The molecule has 2 aromatic carbocycles. The number of amides is 1. The summed E-state index contributed by atoms with van der Waals surface area (Å²) in [5.41, 5.74) is 5.92. The topological polar surface area (TPSA) is 71.3 Å². The van der Waals surface area contributed by atoms with Gasteiger partial charge in [-0.05, 0) is 63.9 Å². The van der Waals surface area contributed by atoms with Gasteiger partial charge in [0.2, 0.25) is 5.96 Å². The Kier molecular flexibility index (Phi) is 6.84. The first-order chi connectivity index (χ1) is 14.7. The van der Waals surface area contributed by atoms with Gasteiger partial charge < -0.3 is 5.32 Å². The molecule has 162 valence electrons. The molecular formula is C24H28FN5O. The van der Waals surface area contributed by atoms with Crippen LogP contribution in [0.1, 0.15) is 38.4 Å². The maximum absolute atomic E-state index is 14.2. The number of benzene rings is 2. The van der Waals surface area contributed by atoms with Gasteiger partial charge in [0.05, 0.1) is 11.4 Å². The van der Waals surface area contributed by atoms with Crippen molar-refractivity contribution in [2.45, 2.75) is 34.1 Å². The monoisotopic (exact) mass is 421 g/mol. The molecule has 6 nitrogen and oxygen atoms in total. The van der Waals surface area contributed by atoms with Gasteiger partial charge in [-0.25, -0.2) is 4.39 Å². The predicted octanol–water partition coefficient (Wildman–Crippen LogP) is 4.23. The summed E-state index contributed by atoms with van der Waals surface area (Å²) in [6.07, 6.45) is 0.660. The van der Waals surface area contributed by atoms with Crippen LogP contribution in [0, 0.1) is 33.5 Å². The van der Waals surface area contributed by atoms with Gasteiger partial charge in [0.1, 0.15) is 5.82 Å². The molecule has 0 radical (unpaired) electrons. The minimum atomic E-state index is -0.421. The number of carbonyl (C=O) groups excluding carboxylic acids is 1. The molecule has 1 heterocycles. The SMILES string of the molecule is Cc1cc(C)cc(C(=O)NC(=NCCc2c(C)nn(C)c2C)Nc2ccccc2F)c1. The summed E-state index contributed by atoms with van der Waals surface area (Å²) in [5, 5.41) is 10.1. The highest BCUT2D eigenvalue weighted by Gasteiger charge is 2.13. The van der Waals surface area contributed by atoms with Crippen molar-refractivity contribution in [1.29, 1.82) is 0 Å². The van der Waals surface area contributed by atoms with Crippen LogP contribution in [0.4, 0.5) is 10.1 Å². The number of hydrogen-bond donors (Lipinski definition) is 2. The van der Waals surface area contributed by atoms with Crippen molar-refractivity contribution in [3.05, 3.63) is 81.9 Å². The van der Waals surface area contributed by atoms with Crippen LogP contribution < -0.4 is 10.6 Å². The molecule has 0 bridgehead atoms. The van der Waals surface area contributed by atoms with Gasteiger partial charge in [-0.3, -0.25) is 19.8 Å². The summed E-state index contributed by atoms with van der Waals surface area (Å²) in [7, 11) is 1.91. The molecule has 0 saturated carbocycles. The van der Waals surface area contributed by atoms with Crippen LogP contribution in [0.15, 0.2) is 47.5 Å². The zero-order chi connectivity index (χ0) is 22.5. The molecule has 31 heavy (non-hydrogen) atoms. The van der Waals surface area contributed by atoms with Crippen molar-refractivity contribution >= 4 is 17.6 Å². The smallest absolute Gasteiger partial charge is 0.257 e. The highest BCUT2D eigenvalue weighted by molar-refractivity contribution is 6.10. The molecule has 0 aliphatic carbocycles. The highest BCUT2D eigenvalue weighted by Crippen LogP contribution is 2.14. The molecule has 0 saturated heterocycles. The Morgan fingerprint density at radius 2 is 1.77 bits per heavy atom. The lowest BCUT2D eigenvalue weighted by Gasteiger charge is -2.13. The second kappa shape index (κ2) is 9.55. The van der Waals surface area contributed by atoms with Crippen LogP contribution in [0.3, 0.4) is 0 Å². The van der Waals surface area contributed by atoms with Crippen LogP contribution >= 0.6 is 0 Å². The van der Waals surface area contributed by atoms with E-state index in [2.05, 4.69) is 20.7 Å². The van der Waals surface area contributed by atoms with Crippen molar-refractivity contribution in [3.63, 3.8) is 0 Å².